The highest BCUT2D eigenvalue weighted by atomic mass is 16.5. The summed E-state index contributed by atoms with van der Waals surface area (Å²) < 4.78 is 7.34. The molecule has 7 heteroatoms. The van der Waals surface area contributed by atoms with E-state index in [0.717, 1.165) is 22.8 Å². The van der Waals surface area contributed by atoms with E-state index in [1.165, 1.54) is 6.33 Å². The number of imidazole rings is 1. The molecule has 0 bridgehead atoms. The molecular formula is C16H21N5O2. The summed E-state index contributed by atoms with van der Waals surface area (Å²) in [4.78, 5) is 27.5. The number of fused-ring (bicyclic) bond motifs is 1. The summed E-state index contributed by atoms with van der Waals surface area (Å²) in [5.74, 6) is 0.822. The third-order valence-electron chi connectivity index (χ3n) is 4.47. The summed E-state index contributed by atoms with van der Waals surface area (Å²) in [5.41, 5.74) is 3.17. The van der Waals surface area contributed by atoms with Crippen LogP contribution in [-0.2, 0) is 17.9 Å². The van der Waals surface area contributed by atoms with E-state index < -0.39 is 0 Å². The molecular weight excluding hydrogens is 294 g/mol. The first-order valence-electron chi connectivity index (χ1n) is 7.67. The molecule has 1 amide bonds. The Balaban J connectivity index is 1.90. The first kappa shape index (κ1) is 15.6. The lowest BCUT2D eigenvalue weighted by Gasteiger charge is -2.34. The Morgan fingerprint density at radius 2 is 2.09 bits per heavy atom. The summed E-state index contributed by atoms with van der Waals surface area (Å²) in [6, 6.07) is -0.100. The van der Waals surface area contributed by atoms with E-state index in [-0.39, 0.29) is 11.9 Å². The number of carbonyl (C=O) groups excluding carboxylic acids is 1. The van der Waals surface area contributed by atoms with Gasteiger partial charge in [0.1, 0.15) is 17.8 Å². The summed E-state index contributed by atoms with van der Waals surface area (Å²) in [5, 5.41) is 0. The fraction of sp³-hybridized carbons (Fsp3) is 0.500. The summed E-state index contributed by atoms with van der Waals surface area (Å²) >= 11 is 0. The molecule has 0 aliphatic carbocycles. The molecule has 3 heterocycles. The van der Waals surface area contributed by atoms with Gasteiger partial charge in [-0.1, -0.05) is 0 Å². The minimum atomic E-state index is -0.100. The van der Waals surface area contributed by atoms with Gasteiger partial charge in [-0.15, -0.1) is 0 Å². The Hall–Kier alpha value is -2.28. The van der Waals surface area contributed by atoms with Crippen LogP contribution in [0.2, 0.25) is 0 Å². The topological polar surface area (TPSA) is 73.1 Å². The monoisotopic (exact) mass is 315 g/mol. The molecule has 1 atom stereocenters. The molecule has 2 aromatic heterocycles. The van der Waals surface area contributed by atoms with Gasteiger partial charge in [0.25, 0.3) is 5.91 Å². The van der Waals surface area contributed by atoms with Gasteiger partial charge in [-0.3, -0.25) is 4.79 Å². The summed E-state index contributed by atoms with van der Waals surface area (Å²) in [6.45, 7) is 7.63. The first-order chi connectivity index (χ1) is 11.0. The fourth-order valence-corrected chi connectivity index (χ4v) is 2.99. The van der Waals surface area contributed by atoms with Crippen LogP contribution in [0.5, 0.6) is 0 Å². The Morgan fingerprint density at radius 1 is 1.30 bits per heavy atom. The van der Waals surface area contributed by atoms with Gasteiger partial charge in [-0.05, 0) is 20.8 Å². The number of ether oxygens (including phenoxy) is 1. The molecule has 0 aromatic carbocycles. The van der Waals surface area contributed by atoms with Gasteiger partial charge in [0, 0.05) is 31.5 Å². The maximum atomic E-state index is 12.9. The van der Waals surface area contributed by atoms with Crippen molar-refractivity contribution >= 4 is 5.91 Å². The highest BCUT2D eigenvalue weighted by Gasteiger charge is 2.32. The van der Waals surface area contributed by atoms with Crippen molar-refractivity contribution in [2.45, 2.75) is 40.0 Å². The van der Waals surface area contributed by atoms with E-state index in [9.17, 15) is 4.79 Å². The third-order valence-corrected chi connectivity index (χ3v) is 4.47. The number of amides is 1. The average molecular weight is 315 g/mol. The van der Waals surface area contributed by atoms with Gasteiger partial charge in [-0.25, -0.2) is 15.0 Å². The first-order valence-corrected chi connectivity index (χ1v) is 7.67. The normalized spacial score (nSPS) is 17.2. The molecule has 0 N–H and O–H groups in total. The van der Waals surface area contributed by atoms with Gasteiger partial charge >= 0.3 is 0 Å². The minimum absolute atomic E-state index is 0.0666. The molecule has 0 radical (unpaired) electrons. The van der Waals surface area contributed by atoms with Gasteiger partial charge < -0.3 is 14.2 Å². The molecule has 2 aromatic rings. The van der Waals surface area contributed by atoms with E-state index >= 15 is 0 Å². The number of aromatic nitrogens is 4. The van der Waals surface area contributed by atoms with E-state index in [1.807, 2.05) is 31.9 Å². The number of hydrogen-bond donors (Lipinski definition) is 0. The highest BCUT2D eigenvalue weighted by molar-refractivity contribution is 5.94. The molecule has 7 nitrogen and oxygen atoms in total. The zero-order valence-corrected chi connectivity index (χ0v) is 13.9. The lowest BCUT2D eigenvalue weighted by atomic mass is 10.1. The predicted molar refractivity (Wildman–Crippen MR) is 83.9 cm³/mol. The second-order valence-electron chi connectivity index (χ2n) is 5.80. The van der Waals surface area contributed by atoms with Crippen molar-refractivity contribution < 1.29 is 9.53 Å². The molecule has 1 unspecified atom stereocenters. The van der Waals surface area contributed by atoms with E-state index in [2.05, 4.69) is 19.5 Å². The second kappa shape index (κ2) is 6.08. The molecule has 122 valence electrons. The van der Waals surface area contributed by atoms with Crippen LogP contribution in [0, 0.1) is 13.8 Å². The van der Waals surface area contributed by atoms with Crippen LogP contribution >= 0.6 is 0 Å². The Labute approximate surface area is 135 Å². The quantitative estimate of drug-likeness (QED) is 0.861. The van der Waals surface area contributed by atoms with E-state index in [0.29, 0.717) is 25.4 Å². The summed E-state index contributed by atoms with van der Waals surface area (Å²) in [6.07, 6.45) is 3.27. The third kappa shape index (κ3) is 2.61. The molecule has 1 aliphatic rings. The van der Waals surface area contributed by atoms with Crippen LogP contribution in [0.1, 0.15) is 46.2 Å². The van der Waals surface area contributed by atoms with Gasteiger partial charge in [0.2, 0.25) is 0 Å². The van der Waals surface area contributed by atoms with Crippen LogP contribution in [0.15, 0.2) is 12.5 Å². The van der Waals surface area contributed by atoms with Gasteiger partial charge in [0.05, 0.1) is 24.5 Å². The maximum absolute atomic E-state index is 12.9. The molecule has 3 rings (SSSR count). The maximum Gasteiger partial charge on any atom is 0.273 e. The van der Waals surface area contributed by atoms with E-state index in [4.69, 9.17) is 4.74 Å². The Morgan fingerprint density at radius 3 is 2.83 bits per heavy atom. The Kier molecular flexibility index (Phi) is 4.12. The number of aryl methyl sites for hydroxylation is 1. The molecule has 0 spiro atoms. The zero-order valence-electron chi connectivity index (χ0n) is 13.9. The molecule has 1 aliphatic heterocycles. The molecule has 23 heavy (non-hydrogen) atoms. The fourth-order valence-electron chi connectivity index (χ4n) is 2.99. The number of nitrogens with zero attached hydrogens (tertiary/aromatic N) is 5. The van der Waals surface area contributed by atoms with Crippen molar-refractivity contribution in [2.24, 2.45) is 0 Å². The lowest BCUT2D eigenvalue weighted by molar-refractivity contribution is 0.0625. The van der Waals surface area contributed by atoms with Crippen LogP contribution in [0.4, 0.5) is 0 Å². The van der Waals surface area contributed by atoms with Crippen molar-refractivity contribution in [3.8, 4) is 0 Å². The number of rotatable bonds is 3. The van der Waals surface area contributed by atoms with Crippen LogP contribution in [0.3, 0.4) is 0 Å². The minimum Gasteiger partial charge on any atom is -0.378 e. The highest BCUT2D eigenvalue weighted by Crippen LogP contribution is 2.27. The number of carbonyl (C=O) groups is 1. The molecule has 0 saturated heterocycles. The van der Waals surface area contributed by atoms with Crippen molar-refractivity contribution in [3.05, 3.63) is 41.0 Å². The zero-order chi connectivity index (χ0) is 16.6. The Bertz CT molecular complexity index is 740. The lowest BCUT2D eigenvalue weighted by Crippen LogP contribution is -2.42. The van der Waals surface area contributed by atoms with Crippen LogP contribution in [-0.4, -0.2) is 44.0 Å². The molecule has 0 fully saturated rings. The van der Waals surface area contributed by atoms with Crippen molar-refractivity contribution in [2.75, 3.05) is 13.7 Å². The molecule has 0 saturated carbocycles. The van der Waals surface area contributed by atoms with Crippen LogP contribution in [0.25, 0.3) is 0 Å². The standard InChI is InChI=1S/C16H21N5O2/c1-10-11(2)18-9-19-14(10)16(22)20-5-6-21-13(8-23-4)7-17-15(21)12(20)3/h7,9,12H,5-6,8H2,1-4H3. The number of hydrogen-bond acceptors (Lipinski definition) is 5. The largest absolute Gasteiger partial charge is 0.378 e. The number of methoxy groups -OCH3 is 1. The van der Waals surface area contributed by atoms with Crippen molar-refractivity contribution in [1.82, 2.24) is 24.4 Å². The van der Waals surface area contributed by atoms with Gasteiger partial charge in [-0.2, -0.15) is 0 Å². The predicted octanol–water partition coefficient (Wildman–Crippen LogP) is 1.65. The second-order valence-corrected chi connectivity index (χ2v) is 5.80. The van der Waals surface area contributed by atoms with Gasteiger partial charge in [0.15, 0.2) is 0 Å². The average Bonchev–Trinajstić information content (AvgIpc) is 2.94. The summed E-state index contributed by atoms with van der Waals surface area (Å²) in [7, 11) is 1.67. The SMILES string of the molecule is COCc1cnc2n1CCN(C(=O)c1ncnc(C)c1C)C2C. The van der Waals surface area contributed by atoms with E-state index in [1.54, 1.807) is 7.11 Å². The van der Waals surface area contributed by atoms with Crippen molar-refractivity contribution in [3.63, 3.8) is 0 Å². The smallest absolute Gasteiger partial charge is 0.273 e. The van der Waals surface area contributed by atoms with Crippen molar-refractivity contribution in [1.29, 1.82) is 0 Å². The van der Waals surface area contributed by atoms with Crippen LogP contribution < -0.4 is 0 Å².